The standard InChI is InChI=1S/C23H13ClF3N3O/c24-15-10-8-14(9-11-15)18-12-19(31)30-22(28-18)20(21(29-30)23(25,26)27)17-7-3-5-13-4-1-2-6-16(13)17/h1-12,29H. The van der Waals surface area contributed by atoms with Gasteiger partial charge in [-0.3, -0.25) is 9.89 Å². The van der Waals surface area contributed by atoms with E-state index < -0.39 is 17.4 Å². The average molecular weight is 440 g/mol. The number of H-pyrrole nitrogens is 1. The van der Waals surface area contributed by atoms with Gasteiger partial charge in [0.1, 0.15) is 5.69 Å². The smallest absolute Gasteiger partial charge is 0.284 e. The lowest BCUT2D eigenvalue weighted by molar-refractivity contribution is -0.140. The van der Waals surface area contributed by atoms with Gasteiger partial charge in [-0.05, 0) is 28.5 Å². The number of alkyl halides is 3. The third kappa shape index (κ3) is 3.27. The summed E-state index contributed by atoms with van der Waals surface area (Å²) in [7, 11) is 0. The van der Waals surface area contributed by atoms with E-state index in [4.69, 9.17) is 11.6 Å². The maximum atomic E-state index is 14.0. The number of halogens is 4. The van der Waals surface area contributed by atoms with Crippen molar-refractivity contribution in [2.24, 2.45) is 0 Å². The maximum Gasteiger partial charge on any atom is 0.433 e. The van der Waals surface area contributed by atoms with Crippen molar-refractivity contribution in [1.82, 2.24) is 14.6 Å². The second-order valence-electron chi connectivity index (χ2n) is 7.03. The van der Waals surface area contributed by atoms with Crippen LogP contribution in [0.5, 0.6) is 0 Å². The van der Waals surface area contributed by atoms with E-state index in [1.165, 1.54) is 6.07 Å². The fraction of sp³-hybridized carbons (Fsp3) is 0.0435. The molecule has 0 spiro atoms. The van der Waals surface area contributed by atoms with Gasteiger partial charge in [0.2, 0.25) is 0 Å². The minimum absolute atomic E-state index is 0.0962. The van der Waals surface area contributed by atoms with Gasteiger partial charge in [-0.1, -0.05) is 66.2 Å². The molecule has 2 heterocycles. The molecule has 0 saturated carbocycles. The minimum atomic E-state index is -4.72. The normalized spacial score (nSPS) is 12.0. The number of hydrogen-bond acceptors (Lipinski definition) is 2. The van der Waals surface area contributed by atoms with Crippen molar-refractivity contribution in [2.45, 2.75) is 6.18 Å². The highest BCUT2D eigenvalue weighted by Crippen LogP contribution is 2.40. The number of nitrogens with zero attached hydrogens (tertiary/aromatic N) is 2. The molecule has 31 heavy (non-hydrogen) atoms. The number of aromatic nitrogens is 3. The molecule has 3 aromatic carbocycles. The van der Waals surface area contributed by atoms with Crippen LogP contribution in [0.15, 0.2) is 77.6 Å². The van der Waals surface area contributed by atoms with E-state index in [9.17, 15) is 18.0 Å². The van der Waals surface area contributed by atoms with Gasteiger partial charge in [0, 0.05) is 16.7 Å². The van der Waals surface area contributed by atoms with Crippen LogP contribution in [-0.4, -0.2) is 14.6 Å². The lowest BCUT2D eigenvalue weighted by atomic mass is 9.98. The van der Waals surface area contributed by atoms with Crippen LogP contribution in [0.25, 0.3) is 38.8 Å². The first-order valence-electron chi connectivity index (χ1n) is 9.30. The lowest BCUT2D eigenvalue weighted by Crippen LogP contribution is -2.15. The fourth-order valence-electron chi connectivity index (χ4n) is 3.71. The summed E-state index contributed by atoms with van der Waals surface area (Å²) in [5, 5.41) is 4.13. The van der Waals surface area contributed by atoms with Crippen LogP contribution in [0, 0.1) is 0 Å². The molecule has 8 heteroatoms. The van der Waals surface area contributed by atoms with Gasteiger partial charge in [-0.15, -0.1) is 0 Å². The molecule has 5 aromatic rings. The molecule has 2 aromatic heterocycles. The van der Waals surface area contributed by atoms with Crippen molar-refractivity contribution in [3.63, 3.8) is 0 Å². The Balaban J connectivity index is 1.89. The highest BCUT2D eigenvalue weighted by atomic mass is 35.5. The van der Waals surface area contributed by atoms with E-state index >= 15 is 0 Å². The Bertz CT molecular complexity index is 1500. The third-order valence-corrected chi connectivity index (χ3v) is 5.35. The fourth-order valence-corrected chi connectivity index (χ4v) is 3.84. The summed E-state index contributed by atoms with van der Waals surface area (Å²) in [6, 6.07) is 20.0. The van der Waals surface area contributed by atoms with Crippen LogP contribution >= 0.6 is 11.6 Å². The minimum Gasteiger partial charge on any atom is -0.284 e. The van der Waals surface area contributed by atoms with Gasteiger partial charge in [0.05, 0.1) is 11.3 Å². The molecular formula is C23H13ClF3N3O. The van der Waals surface area contributed by atoms with E-state index in [0.29, 0.717) is 21.5 Å². The van der Waals surface area contributed by atoms with Gasteiger partial charge < -0.3 is 0 Å². The molecule has 0 aliphatic rings. The number of rotatable bonds is 2. The number of aromatic amines is 1. The molecule has 0 atom stereocenters. The molecule has 1 N–H and O–H groups in total. The van der Waals surface area contributed by atoms with E-state index in [2.05, 4.69) is 10.1 Å². The van der Waals surface area contributed by atoms with Crippen LogP contribution in [-0.2, 0) is 6.18 Å². The van der Waals surface area contributed by atoms with Gasteiger partial charge in [0.25, 0.3) is 5.56 Å². The van der Waals surface area contributed by atoms with Crippen molar-refractivity contribution < 1.29 is 13.2 Å². The third-order valence-electron chi connectivity index (χ3n) is 5.10. The summed E-state index contributed by atoms with van der Waals surface area (Å²) in [5.74, 6) is 0. The quantitative estimate of drug-likeness (QED) is 0.357. The maximum absolute atomic E-state index is 14.0. The van der Waals surface area contributed by atoms with E-state index in [-0.39, 0.29) is 16.9 Å². The van der Waals surface area contributed by atoms with Gasteiger partial charge in [-0.2, -0.15) is 13.2 Å². The van der Waals surface area contributed by atoms with Crippen molar-refractivity contribution in [3.05, 3.63) is 93.9 Å². The Hall–Kier alpha value is -3.58. The van der Waals surface area contributed by atoms with Crippen LogP contribution in [0.1, 0.15) is 5.69 Å². The molecule has 0 aliphatic heterocycles. The van der Waals surface area contributed by atoms with Crippen molar-refractivity contribution >= 4 is 28.0 Å². The molecule has 0 aliphatic carbocycles. The SMILES string of the molecule is O=c1cc(-c2ccc(Cl)cc2)nc2c(-c3cccc4ccccc34)c(C(F)(F)F)[nH]n12. The molecule has 0 unspecified atom stereocenters. The molecule has 0 radical (unpaired) electrons. The first kappa shape index (κ1) is 19.4. The van der Waals surface area contributed by atoms with E-state index in [1.807, 2.05) is 18.2 Å². The zero-order valence-electron chi connectivity index (χ0n) is 15.7. The number of benzene rings is 3. The Morgan fingerprint density at radius 1 is 0.935 bits per heavy atom. The Morgan fingerprint density at radius 2 is 1.65 bits per heavy atom. The van der Waals surface area contributed by atoms with Crippen LogP contribution < -0.4 is 5.56 Å². The van der Waals surface area contributed by atoms with Gasteiger partial charge in [0.15, 0.2) is 5.65 Å². The van der Waals surface area contributed by atoms with Crippen molar-refractivity contribution in [1.29, 1.82) is 0 Å². The summed E-state index contributed by atoms with van der Waals surface area (Å²) in [6.07, 6.45) is -4.72. The Labute approximate surface area is 178 Å². The van der Waals surface area contributed by atoms with Crippen LogP contribution in [0.3, 0.4) is 0 Å². The number of nitrogens with one attached hydrogen (secondary N) is 1. The monoisotopic (exact) mass is 439 g/mol. The number of hydrogen-bond donors (Lipinski definition) is 1. The molecule has 0 amide bonds. The molecule has 5 rings (SSSR count). The Kier molecular flexibility index (Phi) is 4.37. The predicted octanol–water partition coefficient (Wildman–Crippen LogP) is 6.18. The second kappa shape index (κ2) is 6.99. The molecule has 0 saturated heterocycles. The summed E-state index contributed by atoms with van der Waals surface area (Å²) < 4.78 is 42.8. The summed E-state index contributed by atoms with van der Waals surface area (Å²) >= 11 is 5.92. The molecule has 0 fully saturated rings. The van der Waals surface area contributed by atoms with Gasteiger partial charge >= 0.3 is 6.18 Å². The van der Waals surface area contributed by atoms with Crippen molar-refractivity contribution in [2.75, 3.05) is 0 Å². The highest BCUT2D eigenvalue weighted by molar-refractivity contribution is 6.30. The summed E-state index contributed by atoms with van der Waals surface area (Å²) in [4.78, 5) is 17.2. The molecular weight excluding hydrogens is 427 g/mol. The first-order chi connectivity index (χ1) is 14.8. The second-order valence-corrected chi connectivity index (χ2v) is 7.47. The van der Waals surface area contributed by atoms with Crippen LogP contribution in [0.2, 0.25) is 5.02 Å². The Morgan fingerprint density at radius 3 is 2.39 bits per heavy atom. The largest absolute Gasteiger partial charge is 0.433 e. The lowest BCUT2D eigenvalue weighted by Gasteiger charge is -2.10. The predicted molar refractivity (Wildman–Crippen MR) is 114 cm³/mol. The zero-order chi connectivity index (χ0) is 21.8. The van der Waals surface area contributed by atoms with Gasteiger partial charge in [-0.25, -0.2) is 9.50 Å². The summed E-state index contributed by atoms with van der Waals surface area (Å²) in [6.45, 7) is 0. The zero-order valence-corrected chi connectivity index (χ0v) is 16.5. The van der Waals surface area contributed by atoms with Crippen LogP contribution in [0.4, 0.5) is 13.2 Å². The average Bonchev–Trinajstić information content (AvgIpc) is 3.14. The molecule has 4 nitrogen and oxygen atoms in total. The van der Waals surface area contributed by atoms with E-state index in [1.54, 1.807) is 48.5 Å². The van der Waals surface area contributed by atoms with E-state index in [0.717, 1.165) is 9.90 Å². The summed E-state index contributed by atoms with van der Waals surface area (Å²) in [5.41, 5.74) is -0.769. The number of fused-ring (bicyclic) bond motifs is 2. The molecule has 154 valence electrons. The topological polar surface area (TPSA) is 50.2 Å². The first-order valence-corrected chi connectivity index (χ1v) is 9.68. The van der Waals surface area contributed by atoms with Crippen molar-refractivity contribution in [3.8, 4) is 22.4 Å². The molecule has 0 bridgehead atoms. The highest BCUT2D eigenvalue weighted by Gasteiger charge is 2.38.